The Balaban J connectivity index is 1.36. The van der Waals surface area contributed by atoms with E-state index in [1.807, 2.05) is 6.92 Å². The minimum Gasteiger partial charge on any atom is -0.495 e. The van der Waals surface area contributed by atoms with Crippen LogP contribution in [0, 0.1) is 23.5 Å². The fraction of sp³-hybridized carbons (Fsp3) is 0.550. The number of anilines is 2. The number of unbranched alkanes of at least 4 members (excludes halogenated alkanes) is 1. The van der Waals surface area contributed by atoms with E-state index in [1.54, 1.807) is 58.1 Å². The predicted octanol–water partition coefficient (Wildman–Crippen LogP) is 5.40. The second kappa shape index (κ2) is 31.9. The molecule has 88 heavy (non-hydrogen) atoms. The van der Waals surface area contributed by atoms with Crippen molar-refractivity contribution in [2.45, 2.75) is 153 Å². The first kappa shape index (κ1) is 71.7. The average Bonchev–Trinajstić information content (AvgIpc) is 2.35. The van der Waals surface area contributed by atoms with Crippen molar-refractivity contribution in [3.8, 4) is 5.75 Å². The highest BCUT2D eigenvalue weighted by molar-refractivity contribution is 9.09. The number of primary amides is 1. The van der Waals surface area contributed by atoms with Gasteiger partial charge in [0.05, 0.1) is 48.7 Å². The number of nitrogens with one attached hydrogen (secondary N) is 6. The molecule has 9 N–H and O–H groups in total. The summed E-state index contributed by atoms with van der Waals surface area (Å²) < 4.78 is 61.6. The molecule has 0 aromatic heterocycles. The Morgan fingerprint density at radius 2 is 1.73 bits per heavy atom. The summed E-state index contributed by atoms with van der Waals surface area (Å²) >= 11 is 10.00. The van der Waals surface area contributed by atoms with Crippen LogP contribution in [0.25, 0.3) is 0 Å². The number of allylic oxidation sites excluding steroid dienone is 3. The number of nitrogens with two attached hydrogens (primary N) is 1. The molecule has 2 aromatic carbocycles. The highest BCUT2D eigenvalue weighted by atomic mass is 79.9. The number of aldehydes is 1. The second-order valence-electron chi connectivity index (χ2n) is 22.7. The molecule has 2 aromatic rings. The van der Waals surface area contributed by atoms with E-state index in [-0.39, 0.29) is 48.2 Å². The number of hydrogen-bond acceptors (Lipinski definition) is 16. The number of alkyl carbamates (subject to hydrolysis) is 1. The molecular weight excluding hydrogens is 1240 g/mol. The van der Waals surface area contributed by atoms with Gasteiger partial charge < -0.3 is 70.4 Å². The molecule has 0 aliphatic carbocycles. The van der Waals surface area contributed by atoms with Crippen LogP contribution in [0.3, 0.4) is 0 Å². The number of alkyl halides is 1. The molecule has 5 rings (SSSR count). The molecule has 0 radical (unpaired) electrons. The standard InChI is InChI=1S/C60H81BrClF2N9O15/c1-31(2)50(68-37(30-74)17-12-13-20-66-52(76)33(4)29-61)54(78)69-41(18-15-21-67-57(65)81)53(77)70-42-26-39(63)38(25-40(42)64)55(79)72(8)35(6)56(80)87-47-27-48(75)73(9)43-23-36(24-44(84-10)49(43)62)22-32(3)16-14-19-46(85-11)60(83)28-45(86-58(82)71-60)34(5)51-59(47,7)88-51/h14,16,19,23-26,30-31,34-35,37,41,45-47,50-51,68,83H,4,12-13,15,17-18,20-22,27-29H2,1-3,5-11H3,(H,66,76)(H,69,78)(H,70,77)(H,71,82)(H3,65,67,81)/b19-14+,32-16+/t34-,35+,37?,41+,45+,46-,47+,50+,51+,59+,60+/m1/s1. The second-order valence-corrected chi connectivity index (χ2v) is 23.7. The van der Waals surface area contributed by atoms with Gasteiger partial charge in [0.2, 0.25) is 23.6 Å². The molecular formula is C60H81BrClF2N9O15. The number of amides is 8. The monoisotopic (exact) mass is 1320 g/mol. The number of likely N-dealkylation sites (N-methyl/N-ethyl adjacent to an activating group) is 1. The number of carbonyl (C=O) groups excluding carboxylic acids is 9. The molecule has 1 unspecified atom stereocenters. The summed E-state index contributed by atoms with van der Waals surface area (Å²) in [7, 11) is 5.38. The molecule has 0 spiro atoms. The first-order chi connectivity index (χ1) is 41.4. The number of halogens is 4. The summed E-state index contributed by atoms with van der Waals surface area (Å²) in [6.45, 7) is 13.7. The molecule has 484 valence electrons. The van der Waals surface area contributed by atoms with E-state index in [0.29, 0.717) is 67.1 Å². The number of epoxide rings is 1. The number of carbonyl (C=O) groups is 9. The van der Waals surface area contributed by atoms with Crippen molar-refractivity contribution in [3.05, 3.63) is 88.0 Å². The van der Waals surface area contributed by atoms with Gasteiger partial charge in [-0.2, -0.15) is 0 Å². The van der Waals surface area contributed by atoms with Crippen molar-refractivity contribution >= 4 is 92.8 Å². The van der Waals surface area contributed by atoms with E-state index in [2.05, 4.69) is 54.4 Å². The van der Waals surface area contributed by atoms with Gasteiger partial charge in [-0.15, -0.1) is 0 Å². The summed E-state index contributed by atoms with van der Waals surface area (Å²) in [6, 6.07) is -1.22. The Bertz CT molecular complexity index is 3010. The van der Waals surface area contributed by atoms with Gasteiger partial charge in [-0.05, 0) is 89.0 Å². The van der Waals surface area contributed by atoms with Crippen LogP contribution in [0.5, 0.6) is 5.75 Å². The van der Waals surface area contributed by atoms with Crippen LogP contribution in [0.1, 0.15) is 102 Å². The summed E-state index contributed by atoms with van der Waals surface area (Å²) in [4.78, 5) is 121. The third-order valence-corrected chi connectivity index (χ3v) is 16.9. The number of esters is 1. The highest BCUT2D eigenvalue weighted by Gasteiger charge is 2.64. The van der Waals surface area contributed by atoms with Crippen molar-refractivity contribution in [2.75, 3.05) is 57.0 Å². The first-order valence-electron chi connectivity index (χ1n) is 28.7. The highest BCUT2D eigenvalue weighted by Crippen LogP contribution is 2.49. The molecule has 2 saturated heterocycles. The molecule has 2 fully saturated rings. The minimum atomic E-state index is -1.97. The van der Waals surface area contributed by atoms with Crippen molar-refractivity contribution in [3.63, 3.8) is 0 Å². The SMILES string of the molecule is C=C(CBr)C(=O)NCCCCC(C=O)N[C@H](C(=O)N[C@@H](CCCNC(N)=O)C(=O)Nc1cc(F)c(C(=O)N(C)[C@@H](C)C(=O)O[C@H]2CC(=O)N(C)c3cc(cc(OC)c3Cl)C/C(C)=C/C=C/[C@@H](OC)[C@@]3(O)C[C@H](OC(=O)N3)[C@@H](C)[C@@H]3O[C@@]23C)cc1F)C(C)C. The minimum absolute atomic E-state index is 0.0310. The summed E-state index contributed by atoms with van der Waals surface area (Å²) in [6.07, 6.45) is 1.19. The topological polar surface area (TPSA) is 328 Å². The van der Waals surface area contributed by atoms with Crippen LogP contribution in [0.4, 0.5) is 29.7 Å². The van der Waals surface area contributed by atoms with Gasteiger partial charge in [0.1, 0.15) is 64.7 Å². The fourth-order valence-corrected chi connectivity index (χ4v) is 10.9. The summed E-state index contributed by atoms with van der Waals surface area (Å²) in [5.41, 5.74) is 2.31. The van der Waals surface area contributed by atoms with Gasteiger partial charge in [-0.1, -0.05) is 78.7 Å². The van der Waals surface area contributed by atoms with Crippen molar-refractivity contribution in [1.29, 1.82) is 0 Å². The van der Waals surface area contributed by atoms with Crippen LogP contribution in [0.2, 0.25) is 5.02 Å². The zero-order chi connectivity index (χ0) is 65.5. The Morgan fingerprint density at radius 1 is 1.03 bits per heavy atom. The first-order valence-corrected chi connectivity index (χ1v) is 30.2. The van der Waals surface area contributed by atoms with Crippen molar-refractivity contribution in [2.24, 2.45) is 17.6 Å². The van der Waals surface area contributed by atoms with E-state index in [4.69, 9.17) is 41.0 Å². The Morgan fingerprint density at radius 3 is 2.36 bits per heavy atom. The smallest absolute Gasteiger partial charge is 0.409 e. The Hall–Kier alpha value is -7.04. The number of fused-ring (bicyclic) bond motifs is 5. The molecule has 3 aliphatic rings. The molecule has 24 nitrogen and oxygen atoms in total. The Kier molecular flexibility index (Phi) is 26.0. The van der Waals surface area contributed by atoms with E-state index in [0.717, 1.165) is 17.5 Å². The number of ether oxygens (including phenoxy) is 5. The van der Waals surface area contributed by atoms with Crippen molar-refractivity contribution in [1.82, 2.24) is 31.5 Å². The summed E-state index contributed by atoms with van der Waals surface area (Å²) in [5, 5.41) is 27.8. The summed E-state index contributed by atoms with van der Waals surface area (Å²) in [5.74, 6) is -8.48. The van der Waals surface area contributed by atoms with Gasteiger partial charge in [0, 0.05) is 63.6 Å². The lowest BCUT2D eigenvalue weighted by Crippen LogP contribution is -2.63. The molecule has 8 amide bonds. The quantitative estimate of drug-likeness (QED) is 0.0154. The van der Waals surface area contributed by atoms with Crippen LogP contribution in [0.15, 0.2) is 60.2 Å². The van der Waals surface area contributed by atoms with Gasteiger partial charge >= 0.3 is 18.1 Å². The average molecular weight is 1320 g/mol. The predicted molar refractivity (Wildman–Crippen MR) is 325 cm³/mol. The van der Waals surface area contributed by atoms with Gasteiger partial charge in [-0.3, -0.25) is 34.6 Å². The van der Waals surface area contributed by atoms with Gasteiger partial charge in [0.15, 0.2) is 5.72 Å². The van der Waals surface area contributed by atoms with Gasteiger partial charge in [-0.25, -0.2) is 23.2 Å². The number of aliphatic hydroxyl groups is 1. The zero-order valence-electron chi connectivity index (χ0n) is 51.0. The molecule has 3 aliphatic heterocycles. The van der Waals surface area contributed by atoms with Crippen LogP contribution in [-0.2, 0) is 54.1 Å². The van der Waals surface area contributed by atoms with E-state index >= 15 is 8.78 Å². The molecule has 3 heterocycles. The zero-order valence-corrected chi connectivity index (χ0v) is 53.4. The number of nitrogens with zero attached hydrogens (tertiary/aromatic N) is 2. The van der Waals surface area contributed by atoms with Crippen LogP contribution < -0.4 is 47.3 Å². The lowest BCUT2D eigenvalue weighted by molar-refractivity contribution is -0.158. The molecule has 11 atom stereocenters. The number of methoxy groups -OCH3 is 2. The third kappa shape index (κ3) is 18.5. The van der Waals surface area contributed by atoms with E-state index < -0.39 is 143 Å². The Labute approximate surface area is 523 Å². The van der Waals surface area contributed by atoms with E-state index in [9.17, 15) is 48.3 Å². The lowest BCUT2D eigenvalue weighted by atomic mass is 9.83. The van der Waals surface area contributed by atoms with Crippen molar-refractivity contribution < 1.29 is 80.7 Å². The lowest BCUT2D eigenvalue weighted by Gasteiger charge is -2.42. The maximum atomic E-state index is 16.2. The molecule has 28 heteroatoms. The van der Waals surface area contributed by atoms with Crippen LogP contribution in [-0.4, -0.2) is 171 Å². The maximum Gasteiger partial charge on any atom is 0.409 e. The molecule has 4 bridgehead atoms. The number of rotatable bonds is 25. The van der Waals surface area contributed by atoms with Crippen LogP contribution >= 0.6 is 27.5 Å². The maximum absolute atomic E-state index is 16.2. The number of benzene rings is 2. The fourth-order valence-electron chi connectivity index (χ4n) is 10.3. The van der Waals surface area contributed by atoms with E-state index in [1.165, 1.54) is 33.1 Å². The largest absolute Gasteiger partial charge is 0.495 e. The number of hydrogen-bond donors (Lipinski definition) is 8. The van der Waals surface area contributed by atoms with Gasteiger partial charge in [0.25, 0.3) is 5.91 Å². The number of urea groups is 1. The third-order valence-electron chi connectivity index (χ3n) is 15.8. The normalized spacial score (nSPS) is 24.2. The molecule has 0 saturated carbocycles.